The minimum atomic E-state index is 0.609. The van der Waals surface area contributed by atoms with E-state index >= 15 is 0 Å². The molecule has 172 valence electrons. The molecule has 5 rings (SSSR count). The van der Waals surface area contributed by atoms with Gasteiger partial charge < -0.3 is 0 Å². The molecule has 0 aliphatic heterocycles. The molecule has 0 heteroatoms. The summed E-state index contributed by atoms with van der Waals surface area (Å²) in [5.41, 5.74) is 3.37. The first-order valence-corrected chi connectivity index (χ1v) is 14.0. The van der Waals surface area contributed by atoms with Crippen molar-refractivity contribution in [3.63, 3.8) is 0 Å². The monoisotopic (exact) mass is 412 g/mol. The Labute approximate surface area is 188 Å². The molecular weight excluding hydrogens is 360 g/mol. The van der Waals surface area contributed by atoms with E-state index in [9.17, 15) is 0 Å². The van der Waals surface area contributed by atoms with Crippen LogP contribution in [0.15, 0.2) is 0 Å². The zero-order chi connectivity index (χ0) is 21.6. The molecule has 5 saturated carbocycles. The highest BCUT2D eigenvalue weighted by molar-refractivity contribution is 5.30. The molecule has 30 heavy (non-hydrogen) atoms. The smallest absolute Gasteiger partial charge is 0.0198 e. The van der Waals surface area contributed by atoms with Gasteiger partial charge in [-0.25, -0.2) is 0 Å². The summed E-state index contributed by atoms with van der Waals surface area (Å²) in [5, 5.41) is 0. The Balaban J connectivity index is 1.39. The predicted octanol–water partition coefficient (Wildman–Crippen LogP) is 9.28. The molecule has 0 amide bonds. The first-order chi connectivity index (χ1) is 14.0. The highest BCUT2D eigenvalue weighted by atomic mass is 14.9. The molecule has 5 fully saturated rings. The van der Waals surface area contributed by atoms with Crippen molar-refractivity contribution in [1.82, 2.24) is 0 Å². The Morgan fingerprint density at radius 1 is 0.700 bits per heavy atom. The van der Waals surface area contributed by atoms with Gasteiger partial charge in [-0.3, -0.25) is 0 Å². The van der Waals surface area contributed by atoms with Crippen molar-refractivity contribution in [3.05, 3.63) is 0 Å². The SMILES string of the molecule is CC(C)CCC[C@@H](C)[C@H]1CC[C@@]2(C)[C@@H]3CC[C@@H]4C(C)(C)CCC[C@@]45C[C@]35CC[C@]12C. The van der Waals surface area contributed by atoms with E-state index in [2.05, 4.69) is 48.5 Å². The van der Waals surface area contributed by atoms with Gasteiger partial charge in [-0.05, 0) is 114 Å². The summed E-state index contributed by atoms with van der Waals surface area (Å²) in [7, 11) is 0. The molecule has 0 N–H and O–H groups in total. The minimum absolute atomic E-state index is 0.609. The quantitative estimate of drug-likeness (QED) is 0.422. The lowest BCUT2D eigenvalue weighted by atomic mass is 9.42. The van der Waals surface area contributed by atoms with Gasteiger partial charge in [0.25, 0.3) is 0 Å². The molecule has 8 atom stereocenters. The van der Waals surface area contributed by atoms with E-state index in [0.29, 0.717) is 16.2 Å². The second-order valence-electron chi connectivity index (χ2n) is 14.8. The van der Waals surface area contributed by atoms with E-state index in [1.807, 2.05) is 0 Å². The van der Waals surface area contributed by atoms with Crippen LogP contribution in [-0.4, -0.2) is 0 Å². The van der Waals surface area contributed by atoms with Crippen LogP contribution in [0.1, 0.15) is 132 Å². The normalized spacial score (nSPS) is 52.2. The van der Waals surface area contributed by atoms with E-state index in [1.54, 1.807) is 44.9 Å². The fourth-order valence-electron chi connectivity index (χ4n) is 11.4. The van der Waals surface area contributed by atoms with Crippen LogP contribution in [0.4, 0.5) is 0 Å². The van der Waals surface area contributed by atoms with Gasteiger partial charge >= 0.3 is 0 Å². The van der Waals surface area contributed by atoms with Crippen LogP contribution in [0.25, 0.3) is 0 Å². The molecule has 0 aromatic heterocycles. The number of fused-ring (bicyclic) bond motifs is 2. The summed E-state index contributed by atoms with van der Waals surface area (Å²) >= 11 is 0. The van der Waals surface area contributed by atoms with Crippen LogP contribution in [0.5, 0.6) is 0 Å². The molecule has 0 saturated heterocycles. The van der Waals surface area contributed by atoms with Gasteiger partial charge in [0, 0.05) is 0 Å². The van der Waals surface area contributed by atoms with Crippen molar-refractivity contribution in [3.8, 4) is 0 Å². The van der Waals surface area contributed by atoms with Crippen molar-refractivity contribution in [2.75, 3.05) is 0 Å². The van der Waals surface area contributed by atoms with Crippen molar-refractivity contribution in [1.29, 1.82) is 0 Å². The Morgan fingerprint density at radius 3 is 2.13 bits per heavy atom. The molecule has 0 aromatic carbocycles. The van der Waals surface area contributed by atoms with Crippen LogP contribution in [-0.2, 0) is 0 Å². The van der Waals surface area contributed by atoms with Gasteiger partial charge in [0.2, 0.25) is 0 Å². The summed E-state index contributed by atoms with van der Waals surface area (Å²) in [6.45, 7) is 18.3. The maximum atomic E-state index is 2.81. The van der Waals surface area contributed by atoms with Gasteiger partial charge in [0.15, 0.2) is 0 Å². The van der Waals surface area contributed by atoms with E-state index in [-0.39, 0.29) is 0 Å². The van der Waals surface area contributed by atoms with Crippen LogP contribution < -0.4 is 0 Å². The number of hydrogen-bond acceptors (Lipinski definition) is 0. The van der Waals surface area contributed by atoms with E-state index in [4.69, 9.17) is 0 Å². The van der Waals surface area contributed by atoms with Crippen molar-refractivity contribution in [2.45, 2.75) is 132 Å². The fourth-order valence-corrected chi connectivity index (χ4v) is 11.4. The first kappa shape index (κ1) is 21.8. The molecule has 0 aromatic rings. The van der Waals surface area contributed by atoms with Gasteiger partial charge in [-0.15, -0.1) is 0 Å². The van der Waals surface area contributed by atoms with Crippen LogP contribution in [0.2, 0.25) is 0 Å². The highest BCUT2D eigenvalue weighted by Gasteiger charge is 2.81. The summed E-state index contributed by atoms with van der Waals surface area (Å²) < 4.78 is 0. The molecule has 5 aliphatic carbocycles. The van der Waals surface area contributed by atoms with Crippen molar-refractivity contribution < 1.29 is 0 Å². The summed E-state index contributed by atoms with van der Waals surface area (Å²) in [6, 6.07) is 0. The van der Waals surface area contributed by atoms with Gasteiger partial charge in [0.05, 0.1) is 0 Å². The maximum absolute atomic E-state index is 2.81. The van der Waals surface area contributed by atoms with Gasteiger partial charge in [-0.2, -0.15) is 0 Å². The highest BCUT2D eigenvalue weighted by Crippen LogP contribution is 2.89. The zero-order valence-electron chi connectivity index (χ0n) is 21.6. The predicted molar refractivity (Wildman–Crippen MR) is 129 cm³/mol. The number of rotatable bonds is 5. The first-order valence-electron chi connectivity index (χ1n) is 14.0. The Kier molecular flexibility index (Phi) is 4.92. The van der Waals surface area contributed by atoms with Gasteiger partial charge in [-0.1, -0.05) is 74.1 Å². The third-order valence-electron chi connectivity index (χ3n) is 13.0. The summed E-state index contributed by atoms with van der Waals surface area (Å²) in [4.78, 5) is 0. The lowest BCUT2D eigenvalue weighted by Crippen LogP contribution is -2.56. The second kappa shape index (κ2) is 6.76. The van der Waals surface area contributed by atoms with Gasteiger partial charge in [0.1, 0.15) is 0 Å². The fraction of sp³-hybridized carbons (Fsp3) is 1.00. The molecule has 5 aliphatic rings. The van der Waals surface area contributed by atoms with E-state index in [0.717, 1.165) is 40.4 Å². The van der Waals surface area contributed by atoms with Crippen molar-refractivity contribution in [2.24, 2.45) is 56.7 Å². The third-order valence-corrected chi connectivity index (χ3v) is 13.0. The maximum Gasteiger partial charge on any atom is -0.0198 e. The molecule has 0 nitrogen and oxygen atoms in total. The molecular formula is C30H52. The van der Waals surface area contributed by atoms with E-state index in [1.165, 1.54) is 38.5 Å². The van der Waals surface area contributed by atoms with Crippen LogP contribution >= 0.6 is 0 Å². The molecule has 2 spiro atoms. The lowest BCUT2D eigenvalue weighted by Gasteiger charge is -2.63. The summed E-state index contributed by atoms with van der Waals surface area (Å²) in [6.07, 6.45) is 19.9. The molecule has 0 unspecified atom stereocenters. The van der Waals surface area contributed by atoms with E-state index < -0.39 is 0 Å². The molecule has 0 bridgehead atoms. The second-order valence-corrected chi connectivity index (χ2v) is 14.8. The largest absolute Gasteiger partial charge is 0.0628 e. The number of hydrogen-bond donors (Lipinski definition) is 0. The standard InChI is InChI=1S/C30H52/c1-21(2)10-8-11-22(3)23-14-17-28(7)25-13-12-24-26(4,5)15-9-16-29(24)20-30(25,29)19-18-27(23,28)6/h21-25H,8-20H2,1-7H3/t22-,23-,24-,25+,27-,28+,29-,30-/m1/s1. The minimum Gasteiger partial charge on any atom is -0.0628 e. The van der Waals surface area contributed by atoms with Crippen LogP contribution in [0, 0.1) is 56.7 Å². The molecule has 0 heterocycles. The van der Waals surface area contributed by atoms with Crippen molar-refractivity contribution >= 4 is 0 Å². The zero-order valence-corrected chi connectivity index (χ0v) is 21.6. The third kappa shape index (κ3) is 2.64. The Bertz CT molecular complexity index is 674. The lowest BCUT2D eigenvalue weighted by molar-refractivity contribution is -0.142. The Morgan fingerprint density at radius 2 is 1.40 bits per heavy atom. The topological polar surface area (TPSA) is 0 Å². The molecule has 0 radical (unpaired) electrons. The average molecular weight is 413 g/mol. The Hall–Kier alpha value is 0. The summed E-state index contributed by atoms with van der Waals surface area (Å²) in [5.74, 6) is 4.87. The van der Waals surface area contributed by atoms with Crippen LogP contribution in [0.3, 0.4) is 0 Å². The average Bonchev–Trinajstić information content (AvgIpc) is 3.23.